The molecule has 2 aromatic rings. The predicted molar refractivity (Wildman–Crippen MR) is 66.4 cm³/mol. The van der Waals surface area contributed by atoms with E-state index in [-0.39, 0.29) is 5.82 Å². The first kappa shape index (κ1) is 12.1. The Morgan fingerprint density at radius 2 is 2.18 bits per heavy atom. The van der Waals surface area contributed by atoms with Gasteiger partial charge in [-0.1, -0.05) is 11.6 Å². The average Bonchev–Trinajstić information content (AvgIpc) is 2.65. The number of nitrogens with one attached hydrogen (secondary N) is 1. The van der Waals surface area contributed by atoms with Crippen molar-refractivity contribution < 1.29 is 4.39 Å². The Morgan fingerprint density at radius 3 is 2.88 bits per heavy atom. The van der Waals surface area contributed by atoms with E-state index in [9.17, 15) is 4.39 Å². The molecule has 1 heterocycles. The molecule has 0 bridgehead atoms. The van der Waals surface area contributed by atoms with Crippen LogP contribution in [0.3, 0.4) is 0 Å². The van der Waals surface area contributed by atoms with Gasteiger partial charge in [-0.05, 0) is 25.2 Å². The van der Waals surface area contributed by atoms with E-state index in [0.29, 0.717) is 17.1 Å². The summed E-state index contributed by atoms with van der Waals surface area (Å²) in [7, 11) is 3.67. The van der Waals surface area contributed by atoms with E-state index < -0.39 is 0 Å². The quantitative estimate of drug-likeness (QED) is 0.911. The van der Waals surface area contributed by atoms with Crippen LogP contribution in [0, 0.1) is 5.82 Å². The maximum absolute atomic E-state index is 13.8. The first-order valence-electron chi connectivity index (χ1n) is 5.24. The zero-order chi connectivity index (χ0) is 12.4. The van der Waals surface area contributed by atoms with Crippen LogP contribution in [0.4, 0.5) is 4.39 Å². The molecule has 0 amide bonds. The van der Waals surface area contributed by atoms with Gasteiger partial charge in [0.15, 0.2) is 0 Å². The van der Waals surface area contributed by atoms with Crippen molar-refractivity contribution in [3.8, 4) is 11.1 Å². The number of halogens is 2. The van der Waals surface area contributed by atoms with Crippen molar-refractivity contribution >= 4 is 11.6 Å². The minimum atomic E-state index is -0.292. The summed E-state index contributed by atoms with van der Waals surface area (Å²) in [4.78, 5) is 0. The Morgan fingerprint density at radius 1 is 1.41 bits per heavy atom. The molecule has 0 saturated heterocycles. The van der Waals surface area contributed by atoms with Crippen LogP contribution in [-0.2, 0) is 13.6 Å². The van der Waals surface area contributed by atoms with Crippen LogP contribution in [0.15, 0.2) is 24.4 Å². The van der Waals surface area contributed by atoms with Crippen molar-refractivity contribution in [2.45, 2.75) is 6.54 Å². The Balaban J connectivity index is 2.56. The lowest BCUT2D eigenvalue weighted by Gasteiger charge is -2.07. The third-order valence-corrected chi connectivity index (χ3v) is 2.86. The zero-order valence-electron chi connectivity index (χ0n) is 9.67. The largest absolute Gasteiger partial charge is 0.314 e. The molecule has 0 aliphatic rings. The summed E-state index contributed by atoms with van der Waals surface area (Å²) in [5.74, 6) is -0.292. The monoisotopic (exact) mass is 253 g/mol. The summed E-state index contributed by atoms with van der Waals surface area (Å²) < 4.78 is 15.5. The standard InChI is InChI=1S/C12H13ClFN3/c1-15-7-12-10(6-16-17(12)2)9-5-8(13)3-4-11(9)14/h3-6,15H,7H2,1-2H3. The Labute approximate surface area is 104 Å². The van der Waals surface area contributed by atoms with Gasteiger partial charge < -0.3 is 5.32 Å². The SMILES string of the molecule is CNCc1c(-c2cc(Cl)ccc2F)cnn1C. The fourth-order valence-corrected chi connectivity index (χ4v) is 1.94. The molecule has 0 saturated carbocycles. The van der Waals surface area contributed by atoms with Gasteiger partial charge in [0, 0.05) is 29.7 Å². The van der Waals surface area contributed by atoms with Crippen molar-refractivity contribution in [3.05, 3.63) is 40.9 Å². The summed E-state index contributed by atoms with van der Waals surface area (Å²) in [6.45, 7) is 0.623. The van der Waals surface area contributed by atoms with Crippen molar-refractivity contribution in [1.29, 1.82) is 0 Å². The summed E-state index contributed by atoms with van der Waals surface area (Å²) >= 11 is 5.89. The van der Waals surface area contributed by atoms with Gasteiger partial charge in [0.25, 0.3) is 0 Å². The molecule has 0 unspecified atom stereocenters. The van der Waals surface area contributed by atoms with Gasteiger partial charge in [-0.25, -0.2) is 4.39 Å². The highest BCUT2D eigenvalue weighted by molar-refractivity contribution is 6.30. The van der Waals surface area contributed by atoms with Crippen LogP contribution in [0.25, 0.3) is 11.1 Å². The number of aryl methyl sites for hydroxylation is 1. The average molecular weight is 254 g/mol. The molecule has 90 valence electrons. The molecule has 0 aliphatic carbocycles. The van der Waals surface area contributed by atoms with Crippen molar-refractivity contribution in [3.63, 3.8) is 0 Å². The third-order valence-electron chi connectivity index (χ3n) is 2.62. The summed E-state index contributed by atoms with van der Waals surface area (Å²) in [5.41, 5.74) is 2.17. The van der Waals surface area contributed by atoms with Crippen LogP contribution < -0.4 is 5.32 Å². The van der Waals surface area contributed by atoms with Gasteiger partial charge >= 0.3 is 0 Å². The van der Waals surface area contributed by atoms with E-state index in [2.05, 4.69) is 10.4 Å². The molecule has 3 nitrogen and oxygen atoms in total. The van der Waals surface area contributed by atoms with E-state index in [4.69, 9.17) is 11.6 Å². The molecule has 0 atom stereocenters. The van der Waals surface area contributed by atoms with Crippen LogP contribution in [0.5, 0.6) is 0 Å². The van der Waals surface area contributed by atoms with Crippen LogP contribution >= 0.6 is 11.6 Å². The smallest absolute Gasteiger partial charge is 0.131 e. The van der Waals surface area contributed by atoms with E-state index in [1.54, 1.807) is 16.9 Å². The lowest BCUT2D eigenvalue weighted by Crippen LogP contribution is -2.10. The van der Waals surface area contributed by atoms with Crippen molar-refractivity contribution in [2.75, 3.05) is 7.05 Å². The topological polar surface area (TPSA) is 29.9 Å². The summed E-state index contributed by atoms with van der Waals surface area (Å²) in [6.07, 6.45) is 1.65. The van der Waals surface area contributed by atoms with Gasteiger partial charge in [0.2, 0.25) is 0 Å². The van der Waals surface area contributed by atoms with Crippen molar-refractivity contribution in [1.82, 2.24) is 15.1 Å². The Kier molecular flexibility index (Phi) is 3.45. The van der Waals surface area contributed by atoms with E-state index in [0.717, 1.165) is 11.3 Å². The molecular formula is C12H13ClFN3. The number of aromatic nitrogens is 2. The predicted octanol–water partition coefficient (Wildman–Crippen LogP) is 2.60. The molecule has 1 aromatic heterocycles. The Bertz CT molecular complexity index is 537. The molecular weight excluding hydrogens is 241 g/mol. The number of hydrogen-bond donors (Lipinski definition) is 1. The van der Waals surface area contributed by atoms with E-state index >= 15 is 0 Å². The summed E-state index contributed by atoms with van der Waals surface area (Å²) in [5, 5.41) is 7.70. The first-order valence-corrected chi connectivity index (χ1v) is 5.62. The highest BCUT2D eigenvalue weighted by Gasteiger charge is 2.13. The lowest BCUT2D eigenvalue weighted by atomic mass is 10.1. The molecule has 0 fully saturated rings. The van der Waals surface area contributed by atoms with Crippen LogP contribution in [-0.4, -0.2) is 16.8 Å². The lowest BCUT2D eigenvalue weighted by molar-refractivity contribution is 0.630. The maximum Gasteiger partial charge on any atom is 0.131 e. The minimum absolute atomic E-state index is 0.292. The fraction of sp³-hybridized carbons (Fsp3) is 0.250. The first-order chi connectivity index (χ1) is 8.13. The van der Waals surface area contributed by atoms with Gasteiger partial charge in [0.1, 0.15) is 5.82 Å². The van der Waals surface area contributed by atoms with Gasteiger partial charge in [0.05, 0.1) is 11.9 Å². The fourth-order valence-electron chi connectivity index (χ4n) is 1.77. The highest BCUT2D eigenvalue weighted by atomic mass is 35.5. The molecule has 5 heteroatoms. The Hall–Kier alpha value is -1.39. The van der Waals surface area contributed by atoms with Gasteiger partial charge in [-0.15, -0.1) is 0 Å². The van der Waals surface area contributed by atoms with E-state index in [1.807, 2.05) is 14.1 Å². The molecule has 1 aromatic carbocycles. The second-order valence-electron chi connectivity index (χ2n) is 3.78. The number of rotatable bonds is 3. The molecule has 0 radical (unpaired) electrons. The van der Waals surface area contributed by atoms with E-state index in [1.165, 1.54) is 12.1 Å². The maximum atomic E-state index is 13.8. The third kappa shape index (κ3) is 2.33. The second kappa shape index (κ2) is 4.85. The van der Waals surface area contributed by atoms with Crippen LogP contribution in [0.2, 0.25) is 5.02 Å². The van der Waals surface area contributed by atoms with Crippen LogP contribution in [0.1, 0.15) is 5.69 Å². The van der Waals surface area contributed by atoms with Gasteiger partial charge in [-0.2, -0.15) is 5.10 Å². The van der Waals surface area contributed by atoms with Gasteiger partial charge in [-0.3, -0.25) is 4.68 Å². The molecule has 17 heavy (non-hydrogen) atoms. The molecule has 0 spiro atoms. The summed E-state index contributed by atoms with van der Waals surface area (Å²) in [6, 6.07) is 4.52. The number of nitrogens with zero attached hydrogens (tertiary/aromatic N) is 2. The number of hydrogen-bond acceptors (Lipinski definition) is 2. The molecule has 0 aliphatic heterocycles. The minimum Gasteiger partial charge on any atom is -0.314 e. The molecule has 2 rings (SSSR count). The normalized spacial score (nSPS) is 10.8. The zero-order valence-corrected chi connectivity index (χ0v) is 10.4. The number of benzene rings is 1. The second-order valence-corrected chi connectivity index (χ2v) is 4.22. The molecule has 1 N–H and O–H groups in total. The highest BCUT2D eigenvalue weighted by Crippen LogP contribution is 2.28. The van der Waals surface area contributed by atoms with Crippen molar-refractivity contribution in [2.24, 2.45) is 7.05 Å².